The van der Waals surface area contributed by atoms with Gasteiger partial charge in [-0.25, -0.2) is 4.79 Å². The van der Waals surface area contributed by atoms with Gasteiger partial charge >= 0.3 is 6.03 Å². The van der Waals surface area contributed by atoms with Gasteiger partial charge in [-0.2, -0.15) is 0 Å². The van der Waals surface area contributed by atoms with Crippen LogP contribution in [0.15, 0.2) is 40.9 Å². The molecule has 0 saturated carbocycles. The highest BCUT2D eigenvalue weighted by Gasteiger charge is 2.17. The Balaban J connectivity index is 1.94. The predicted molar refractivity (Wildman–Crippen MR) is 87.2 cm³/mol. The first-order chi connectivity index (χ1) is 11.1. The van der Waals surface area contributed by atoms with Gasteiger partial charge in [0.15, 0.2) is 5.82 Å². The van der Waals surface area contributed by atoms with Crippen LogP contribution in [-0.2, 0) is 4.79 Å². The van der Waals surface area contributed by atoms with Gasteiger partial charge in [-0.1, -0.05) is 30.3 Å². The fraction of sp³-hybridized carbons (Fsp3) is 0.312. The van der Waals surface area contributed by atoms with Crippen LogP contribution in [0.5, 0.6) is 0 Å². The van der Waals surface area contributed by atoms with Gasteiger partial charge in [-0.3, -0.25) is 4.79 Å². The van der Waals surface area contributed by atoms with E-state index >= 15 is 0 Å². The van der Waals surface area contributed by atoms with Gasteiger partial charge in [0, 0.05) is 18.3 Å². The first-order valence-electron chi connectivity index (χ1n) is 7.42. The molecular weight excluding hydrogens is 296 g/mol. The molecule has 0 atom stereocenters. The zero-order valence-electron chi connectivity index (χ0n) is 13.2. The molecule has 2 aromatic rings. The summed E-state index contributed by atoms with van der Waals surface area (Å²) in [7, 11) is 0. The summed E-state index contributed by atoms with van der Waals surface area (Å²) >= 11 is 0. The molecule has 3 amide bonds. The number of hydrogen-bond donors (Lipinski definition) is 2. The monoisotopic (exact) mass is 316 g/mol. The number of aromatic nitrogens is 1. The Morgan fingerprint density at radius 3 is 2.57 bits per heavy atom. The number of nitrogens with one attached hydrogen (secondary N) is 2. The van der Waals surface area contributed by atoms with Crippen molar-refractivity contribution in [1.82, 2.24) is 10.1 Å². The maximum absolute atomic E-state index is 12.3. The molecule has 0 aliphatic rings. The number of hydrogen-bond acceptors (Lipinski definition) is 4. The van der Waals surface area contributed by atoms with Crippen LogP contribution in [0.4, 0.5) is 16.3 Å². The van der Waals surface area contributed by atoms with E-state index in [0.717, 1.165) is 6.42 Å². The average Bonchev–Trinajstić information content (AvgIpc) is 2.92. The molecule has 7 nitrogen and oxygen atoms in total. The third-order valence-corrected chi connectivity index (χ3v) is 3.04. The maximum atomic E-state index is 12.3. The van der Waals surface area contributed by atoms with E-state index in [4.69, 9.17) is 4.52 Å². The van der Waals surface area contributed by atoms with E-state index in [2.05, 4.69) is 15.8 Å². The van der Waals surface area contributed by atoms with E-state index in [0.29, 0.717) is 23.8 Å². The van der Waals surface area contributed by atoms with Crippen molar-refractivity contribution >= 4 is 23.4 Å². The van der Waals surface area contributed by atoms with E-state index < -0.39 is 0 Å². The number of amides is 3. The van der Waals surface area contributed by atoms with E-state index in [1.54, 1.807) is 25.1 Å². The number of carbonyl (C=O) groups is 2. The fourth-order valence-electron chi connectivity index (χ4n) is 2.03. The molecule has 122 valence electrons. The fourth-order valence-corrected chi connectivity index (χ4v) is 2.03. The molecule has 0 spiro atoms. The van der Waals surface area contributed by atoms with Crippen molar-refractivity contribution in [3.05, 3.63) is 42.2 Å². The van der Waals surface area contributed by atoms with Gasteiger partial charge < -0.3 is 20.1 Å². The van der Waals surface area contributed by atoms with Crippen LogP contribution in [0, 0.1) is 6.92 Å². The lowest BCUT2D eigenvalue weighted by Crippen LogP contribution is -2.41. The highest BCUT2D eigenvalue weighted by Crippen LogP contribution is 2.09. The zero-order valence-corrected chi connectivity index (χ0v) is 13.2. The van der Waals surface area contributed by atoms with Crippen molar-refractivity contribution in [2.24, 2.45) is 0 Å². The number of benzene rings is 1. The van der Waals surface area contributed by atoms with Crippen molar-refractivity contribution in [2.75, 3.05) is 23.7 Å². The number of urea groups is 1. The lowest BCUT2D eigenvalue weighted by Gasteiger charge is -2.21. The summed E-state index contributed by atoms with van der Waals surface area (Å²) < 4.78 is 4.89. The minimum absolute atomic E-state index is 0.0571. The number of aryl methyl sites for hydroxylation is 1. The Kier molecular flexibility index (Phi) is 5.74. The van der Waals surface area contributed by atoms with Crippen LogP contribution in [0.1, 0.15) is 19.1 Å². The van der Waals surface area contributed by atoms with Crippen molar-refractivity contribution in [2.45, 2.75) is 20.3 Å². The molecule has 0 aliphatic carbocycles. The van der Waals surface area contributed by atoms with Crippen molar-refractivity contribution < 1.29 is 14.1 Å². The molecule has 7 heteroatoms. The first-order valence-corrected chi connectivity index (χ1v) is 7.42. The maximum Gasteiger partial charge on any atom is 0.322 e. The quantitative estimate of drug-likeness (QED) is 0.858. The number of rotatable bonds is 6. The van der Waals surface area contributed by atoms with Crippen molar-refractivity contribution in [3.63, 3.8) is 0 Å². The summed E-state index contributed by atoms with van der Waals surface area (Å²) in [5.41, 5.74) is 0.686. The number of anilines is 2. The Bertz CT molecular complexity index is 654. The van der Waals surface area contributed by atoms with Crippen LogP contribution in [-0.4, -0.2) is 35.1 Å². The molecule has 0 saturated heterocycles. The minimum atomic E-state index is -0.324. The van der Waals surface area contributed by atoms with E-state index in [1.807, 2.05) is 25.1 Å². The zero-order chi connectivity index (χ0) is 16.7. The number of nitrogens with zero attached hydrogens (tertiary/aromatic N) is 2. The van der Waals surface area contributed by atoms with Crippen LogP contribution in [0.3, 0.4) is 0 Å². The average molecular weight is 316 g/mol. The van der Waals surface area contributed by atoms with Crippen molar-refractivity contribution in [3.8, 4) is 0 Å². The molecule has 1 aromatic heterocycles. The normalized spacial score (nSPS) is 10.2. The van der Waals surface area contributed by atoms with E-state index in [1.165, 1.54) is 4.90 Å². The third-order valence-electron chi connectivity index (χ3n) is 3.04. The topological polar surface area (TPSA) is 87.5 Å². The molecule has 23 heavy (non-hydrogen) atoms. The summed E-state index contributed by atoms with van der Waals surface area (Å²) in [6, 6.07) is 10.4. The van der Waals surface area contributed by atoms with Crippen LogP contribution >= 0.6 is 0 Å². The van der Waals surface area contributed by atoms with E-state index in [-0.39, 0.29) is 18.5 Å². The molecule has 0 aliphatic heterocycles. The molecule has 2 rings (SSSR count). The second-order valence-corrected chi connectivity index (χ2v) is 5.09. The second kappa shape index (κ2) is 7.98. The summed E-state index contributed by atoms with van der Waals surface area (Å²) in [6.45, 7) is 4.10. The molecule has 2 N–H and O–H groups in total. The van der Waals surface area contributed by atoms with Gasteiger partial charge in [0.25, 0.3) is 0 Å². The summed E-state index contributed by atoms with van der Waals surface area (Å²) in [4.78, 5) is 25.8. The highest BCUT2D eigenvalue weighted by molar-refractivity contribution is 5.96. The smallest absolute Gasteiger partial charge is 0.322 e. The SMILES string of the molecule is CCCN(CC(=O)Nc1cc(C)on1)C(=O)Nc1ccccc1. The number of carbonyl (C=O) groups excluding carboxylic acids is 2. The van der Waals surface area contributed by atoms with Gasteiger partial charge in [-0.05, 0) is 25.5 Å². The Morgan fingerprint density at radius 1 is 1.22 bits per heavy atom. The predicted octanol–water partition coefficient (Wildman–Crippen LogP) is 2.87. The lowest BCUT2D eigenvalue weighted by molar-refractivity contribution is -0.116. The summed E-state index contributed by atoms with van der Waals surface area (Å²) in [6.07, 6.45) is 0.749. The second-order valence-electron chi connectivity index (χ2n) is 5.09. The molecule has 0 fully saturated rings. The molecule has 0 bridgehead atoms. The van der Waals surface area contributed by atoms with Gasteiger partial charge in [0.05, 0.1) is 0 Å². The number of para-hydroxylation sites is 1. The summed E-state index contributed by atoms with van der Waals surface area (Å²) in [5.74, 6) is 0.620. The Labute approximate surface area is 134 Å². The van der Waals surface area contributed by atoms with Crippen LogP contribution in [0.25, 0.3) is 0 Å². The molecular formula is C16H20N4O3. The van der Waals surface area contributed by atoms with Crippen molar-refractivity contribution in [1.29, 1.82) is 0 Å². The minimum Gasteiger partial charge on any atom is -0.360 e. The standard InChI is InChI=1S/C16H20N4O3/c1-3-9-20(16(22)17-13-7-5-4-6-8-13)11-15(21)18-14-10-12(2)23-19-14/h4-8,10H,3,9,11H2,1-2H3,(H,17,22)(H,18,19,21). The van der Waals surface area contributed by atoms with Crippen LogP contribution in [0.2, 0.25) is 0 Å². The molecule has 1 aromatic carbocycles. The van der Waals surface area contributed by atoms with Crippen LogP contribution < -0.4 is 10.6 Å². The van der Waals surface area contributed by atoms with Gasteiger partial charge in [0.2, 0.25) is 5.91 Å². The molecule has 0 radical (unpaired) electrons. The summed E-state index contributed by atoms with van der Waals surface area (Å²) in [5, 5.41) is 9.07. The third kappa shape index (κ3) is 5.14. The largest absolute Gasteiger partial charge is 0.360 e. The Hall–Kier alpha value is -2.83. The Morgan fingerprint density at radius 2 is 1.96 bits per heavy atom. The molecule has 0 unspecified atom stereocenters. The first kappa shape index (κ1) is 16.5. The molecule has 1 heterocycles. The van der Waals surface area contributed by atoms with Gasteiger partial charge in [-0.15, -0.1) is 0 Å². The van der Waals surface area contributed by atoms with E-state index in [9.17, 15) is 9.59 Å². The van der Waals surface area contributed by atoms with Gasteiger partial charge in [0.1, 0.15) is 12.3 Å². The highest BCUT2D eigenvalue weighted by atomic mass is 16.5. The lowest BCUT2D eigenvalue weighted by atomic mass is 10.3.